The number of hydrogen-bond acceptors (Lipinski definition) is 2. The maximum Gasteiger partial charge on any atom is 0.124 e. The highest BCUT2D eigenvalue weighted by molar-refractivity contribution is 5.41. The van der Waals surface area contributed by atoms with Crippen LogP contribution in [-0.2, 0) is 5.60 Å². The van der Waals surface area contributed by atoms with Crippen molar-refractivity contribution in [2.75, 3.05) is 7.11 Å². The summed E-state index contributed by atoms with van der Waals surface area (Å²) < 4.78 is 5.24. The third-order valence-electron chi connectivity index (χ3n) is 3.14. The van der Waals surface area contributed by atoms with E-state index >= 15 is 0 Å². The number of rotatable bonds is 3. The zero-order valence-corrected chi connectivity index (χ0v) is 8.66. The average Bonchev–Trinajstić information content (AvgIpc) is 2.91. The summed E-state index contributed by atoms with van der Waals surface area (Å²) in [6.45, 7) is 2.11. The van der Waals surface area contributed by atoms with Crippen molar-refractivity contribution in [1.29, 1.82) is 0 Å². The minimum Gasteiger partial charge on any atom is -0.496 e. The molecule has 1 N–H and O–H groups in total. The van der Waals surface area contributed by atoms with Crippen LogP contribution in [0.3, 0.4) is 0 Å². The summed E-state index contributed by atoms with van der Waals surface area (Å²) >= 11 is 0. The summed E-state index contributed by atoms with van der Waals surface area (Å²) in [5.74, 6) is 1.20. The Kier molecular flexibility index (Phi) is 2.23. The molecule has 1 aromatic carbocycles. The standard InChI is InChI=1S/C12H16O2/c1-3-9-8-12(9,13)10-6-4-5-7-11(10)14-2/h4-7,9,13H,3,8H2,1-2H3. The van der Waals surface area contributed by atoms with Gasteiger partial charge in [0.05, 0.1) is 12.7 Å². The van der Waals surface area contributed by atoms with E-state index in [9.17, 15) is 5.11 Å². The molecular weight excluding hydrogens is 176 g/mol. The Balaban J connectivity index is 2.33. The number of methoxy groups -OCH3 is 1. The molecular formula is C12H16O2. The number of aliphatic hydroxyl groups is 1. The van der Waals surface area contributed by atoms with Gasteiger partial charge in [0.1, 0.15) is 5.75 Å². The zero-order valence-electron chi connectivity index (χ0n) is 8.66. The quantitative estimate of drug-likeness (QED) is 0.796. The summed E-state index contributed by atoms with van der Waals surface area (Å²) in [6, 6.07) is 7.72. The molecule has 76 valence electrons. The van der Waals surface area contributed by atoms with Gasteiger partial charge >= 0.3 is 0 Å². The molecule has 1 saturated carbocycles. The first kappa shape index (κ1) is 9.53. The van der Waals surface area contributed by atoms with Gasteiger partial charge in [-0.1, -0.05) is 31.5 Å². The van der Waals surface area contributed by atoms with Gasteiger partial charge in [-0.2, -0.15) is 0 Å². The lowest BCUT2D eigenvalue weighted by Crippen LogP contribution is -2.10. The number of ether oxygens (including phenoxy) is 1. The molecule has 0 aliphatic heterocycles. The highest BCUT2D eigenvalue weighted by Crippen LogP contribution is 2.55. The molecule has 2 unspecified atom stereocenters. The van der Waals surface area contributed by atoms with Crippen LogP contribution in [0.25, 0.3) is 0 Å². The third-order valence-corrected chi connectivity index (χ3v) is 3.14. The second kappa shape index (κ2) is 3.28. The van der Waals surface area contributed by atoms with Crippen LogP contribution in [0.2, 0.25) is 0 Å². The van der Waals surface area contributed by atoms with Gasteiger partial charge in [0.15, 0.2) is 0 Å². The first-order valence-electron chi connectivity index (χ1n) is 5.08. The van der Waals surface area contributed by atoms with Crippen LogP contribution in [0.4, 0.5) is 0 Å². The fourth-order valence-corrected chi connectivity index (χ4v) is 2.13. The molecule has 2 nitrogen and oxygen atoms in total. The van der Waals surface area contributed by atoms with Gasteiger partial charge in [-0.25, -0.2) is 0 Å². The van der Waals surface area contributed by atoms with E-state index < -0.39 is 5.60 Å². The zero-order chi connectivity index (χ0) is 10.2. The number of hydrogen-bond donors (Lipinski definition) is 1. The van der Waals surface area contributed by atoms with E-state index in [4.69, 9.17) is 4.74 Å². The van der Waals surface area contributed by atoms with E-state index in [1.54, 1.807) is 7.11 Å². The normalized spacial score (nSPS) is 30.1. The SMILES string of the molecule is CCC1CC1(O)c1ccccc1OC. The molecule has 0 spiro atoms. The van der Waals surface area contributed by atoms with Crippen LogP contribution in [0.15, 0.2) is 24.3 Å². The van der Waals surface area contributed by atoms with Gasteiger partial charge in [-0.15, -0.1) is 0 Å². The molecule has 1 aliphatic carbocycles. The third kappa shape index (κ3) is 1.30. The van der Waals surface area contributed by atoms with Crippen molar-refractivity contribution < 1.29 is 9.84 Å². The number of benzene rings is 1. The van der Waals surface area contributed by atoms with E-state index in [1.807, 2.05) is 24.3 Å². The van der Waals surface area contributed by atoms with E-state index in [0.717, 1.165) is 24.2 Å². The Morgan fingerprint density at radius 2 is 2.21 bits per heavy atom. The summed E-state index contributed by atoms with van der Waals surface area (Å²) in [6.07, 6.45) is 1.89. The summed E-state index contributed by atoms with van der Waals surface area (Å²) in [7, 11) is 1.64. The molecule has 14 heavy (non-hydrogen) atoms. The predicted molar refractivity (Wildman–Crippen MR) is 55.3 cm³/mol. The second-order valence-electron chi connectivity index (χ2n) is 3.93. The maximum atomic E-state index is 10.3. The summed E-state index contributed by atoms with van der Waals surface area (Å²) in [4.78, 5) is 0. The Morgan fingerprint density at radius 3 is 2.79 bits per heavy atom. The molecule has 0 heterocycles. The minimum absolute atomic E-state index is 0.402. The molecule has 0 saturated heterocycles. The van der Waals surface area contributed by atoms with Gasteiger partial charge in [-0.3, -0.25) is 0 Å². The Bertz CT molecular complexity index is 335. The van der Waals surface area contributed by atoms with Crippen LogP contribution in [-0.4, -0.2) is 12.2 Å². The monoisotopic (exact) mass is 192 g/mol. The van der Waals surface area contributed by atoms with Crippen molar-refractivity contribution in [1.82, 2.24) is 0 Å². The number of para-hydroxylation sites is 1. The van der Waals surface area contributed by atoms with Gasteiger partial charge in [0.2, 0.25) is 0 Å². The van der Waals surface area contributed by atoms with Crippen molar-refractivity contribution in [2.45, 2.75) is 25.4 Å². The van der Waals surface area contributed by atoms with Crippen molar-refractivity contribution >= 4 is 0 Å². The van der Waals surface area contributed by atoms with Crippen molar-refractivity contribution in [3.8, 4) is 5.75 Å². The average molecular weight is 192 g/mol. The molecule has 0 bridgehead atoms. The van der Waals surface area contributed by atoms with E-state index in [2.05, 4.69) is 6.92 Å². The van der Waals surface area contributed by atoms with Crippen molar-refractivity contribution in [3.63, 3.8) is 0 Å². The molecule has 0 radical (unpaired) electrons. The summed E-state index contributed by atoms with van der Waals surface area (Å²) in [5.41, 5.74) is 0.316. The fraction of sp³-hybridized carbons (Fsp3) is 0.500. The van der Waals surface area contributed by atoms with Gasteiger partial charge in [-0.05, 0) is 18.4 Å². The van der Waals surface area contributed by atoms with E-state index in [-0.39, 0.29) is 0 Å². The molecule has 2 rings (SSSR count). The first-order chi connectivity index (χ1) is 6.72. The van der Waals surface area contributed by atoms with E-state index in [1.165, 1.54) is 0 Å². The molecule has 2 heteroatoms. The molecule has 2 atom stereocenters. The van der Waals surface area contributed by atoms with Crippen LogP contribution >= 0.6 is 0 Å². The highest BCUT2D eigenvalue weighted by Gasteiger charge is 2.54. The van der Waals surface area contributed by atoms with Crippen LogP contribution in [0.1, 0.15) is 25.3 Å². The summed E-state index contributed by atoms with van der Waals surface area (Å²) in [5, 5.41) is 10.3. The van der Waals surface area contributed by atoms with Crippen molar-refractivity contribution in [2.24, 2.45) is 5.92 Å². The molecule has 0 amide bonds. The van der Waals surface area contributed by atoms with Gasteiger partial charge < -0.3 is 9.84 Å². The van der Waals surface area contributed by atoms with Crippen LogP contribution in [0, 0.1) is 5.92 Å². The lowest BCUT2D eigenvalue weighted by atomic mass is 10.0. The Labute approximate surface area is 84.5 Å². The van der Waals surface area contributed by atoms with Gasteiger partial charge in [0.25, 0.3) is 0 Å². The minimum atomic E-state index is -0.624. The molecule has 0 aromatic heterocycles. The van der Waals surface area contributed by atoms with Crippen LogP contribution in [0.5, 0.6) is 5.75 Å². The first-order valence-corrected chi connectivity index (χ1v) is 5.08. The Hall–Kier alpha value is -1.02. The van der Waals surface area contributed by atoms with Gasteiger partial charge in [0, 0.05) is 5.56 Å². The molecule has 1 aromatic rings. The molecule has 1 fully saturated rings. The Morgan fingerprint density at radius 1 is 1.50 bits per heavy atom. The largest absolute Gasteiger partial charge is 0.496 e. The van der Waals surface area contributed by atoms with E-state index in [0.29, 0.717) is 5.92 Å². The lowest BCUT2D eigenvalue weighted by molar-refractivity contribution is 0.127. The topological polar surface area (TPSA) is 29.5 Å². The fourth-order valence-electron chi connectivity index (χ4n) is 2.13. The van der Waals surface area contributed by atoms with Crippen LogP contribution < -0.4 is 4.74 Å². The van der Waals surface area contributed by atoms with Crippen molar-refractivity contribution in [3.05, 3.63) is 29.8 Å². The maximum absolute atomic E-state index is 10.3. The molecule has 1 aliphatic rings. The lowest BCUT2D eigenvalue weighted by Gasteiger charge is -2.14. The highest BCUT2D eigenvalue weighted by atomic mass is 16.5. The second-order valence-corrected chi connectivity index (χ2v) is 3.93. The predicted octanol–water partition coefficient (Wildman–Crippen LogP) is 2.31. The smallest absolute Gasteiger partial charge is 0.124 e.